The number of benzene rings is 2. The highest BCUT2D eigenvalue weighted by atomic mass is 16.4. The summed E-state index contributed by atoms with van der Waals surface area (Å²) >= 11 is 0. The molecule has 3 rings (SSSR count). The normalized spacial score (nSPS) is 14.7. The molecule has 500 valence electrons. The smallest absolute Gasteiger partial charge is 0.326 e. The third-order valence-electron chi connectivity index (χ3n) is 15.2. The minimum Gasteiger partial charge on any atom is -0.480 e. The topological polar surface area (TPSA) is 458 Å². The Hall–Kier alpha value is -7.85. The number of imidazole rings is 1. The number of hydrogen-bond acceptors (Lipinski definition) is 16. The Labute approximate surface area is 529 Å². The van der Waals surface area contributed by atoms with Crippen molar-refractivity contribution in [1.82, 2.24) is 57.8 Å². The van der Waals surface area contributed by atoms with Gasteiger partial charge < -0.3 is 86.6 Å². The van der Waals surface area contributed by atoms with E-state index in [1.165, 1.54) is 12.5 Å². The van der Waals surface area contributed by atoms with Crippen LogP contribution < -0.4 is 76.5 Å². The van der Waals surface area contributed by atoms with Gasteiger partial charge in [0, 0.05) is 31.2 Å². The molecule has 0 unspecified atom stereocenters. The number of aromatic amines is 1. The van der Waals surface area contributed by atoms with Gasteiger partial charge in [0.1, 0.15) is 54.4 Å². The van der Waals surface area contributed by atoms with Crippen LogP contribution in [0.15, 0.2) is 73.2 Å². The molecule has 0 radical (unpaired) electrons. The zero-order chi connectivity index (χ0) is 66.7. The van der Waals surface area contributed by atoms with Crippen LogP contribution in [0.25, 0.3) is 0 Å². The fourth-order valence-corrected chi connectivity index (χ4v) is 9.83. The lowest BCUT2D eigenvalue weighted by atomic mass is 9.98. The van der Waals surface area contributed by atoms with Gasteiger partial charge in [0.05, 0.1) is 12.4 Å². The van der Waals surface area contributed by atoms with Gasteiger partial charge in [-0.1, -0.05) is 109 Å². The number of carboxylic acid groups (broad SMARTS) is 1. The Morgan fingerprint density at radius 1 is 0.400 bits per heavy atom. The molecule has 0 aliphatic carbocycles. The van der Waals surface area contributed by atoms with Gasteiger partial charge in [0.2, 0.25) is 53.2 Å². The van der Waals surface area contributed by atoms with E-state index in [0.717, 1.165) is 0 Å². The van der Waals surface area contributed by atoms with Crippen LogP contribution in [0.3, 0.4) is 0 Å². The molecular weight excluding hydrogens is 1160 g/mol. The molecule has 0 saturated carbocycles. The maximum Gasteiger partial charge on any atom is 0.326 e. The monoisotopic (exact) mass is 1260 g/mol. The van der Waals surface area contributed by atoms with Crippen molar-refractivity contribution in [3.8, 4) is 0 Å². The fraction of sp³-hybridized carbons (Fsp3) is 0.603. The van der Waals surface area contributed by atoms with Gasteiger partial charge in [-0.05, 0) is 126 Å². The highest BCUT2D eigenvalue weighted by Crippen LogP contribution is 2.15. The largest absolute Gasteiger partial charge is 0.480 e. The highest BCUT2D eigenvalue weighted by Gasteiger charge is 2.37. The Morgan fingerprint density at radius 3 is 1.08 bits per heavy atom. The van der Waals surface area contributed by atoms with Gasteiger partial charge in [-0.15, -0.1) is 0 Å². The van der Waals surface area contributed by atoms with Crippen LogP contribution in [0.5, 0.6) is 0 Å². The fourth-order valence-electron chi connectivity index (χ4n) is 9.83. The quantitative estimate of drug-likeness (QED) is 0.0323. The number of nitrogens with zero attached hydrogens (tertiary/aromatic N) is 1. The van der Waals surface area contributed by atoms with Crippen molar-refractivity contribution in [3.63, 3.8) is 0 Å². The van der Waals surface area contributed by atoms with E-state index in [1.807, 2.05) is 0 Å². The first-order valence-electron chi connectivity index (χ1n) is 31.5. The third-order valence-corrected chi connectivity index (χ3v) is 15.2. The van der Waals surface area contributed by atoms with Gasteiger partial charge in [0.25, 0.3) is 0 Å². The first-order valence-corrected chi connectivity index (χ1v) is 31.5. The summed E-state index contributed by atoms with van der Waals surface area (Å²) in [6.45, 7) is 11.5. The second-order valence-corrected chi connectivity index (χ2v) is 23.8. The lowest BCUT2D eigenvalue weighted by molar-refractivity contribution is -0.142. The lowest BCUT2D eigenvalue weighted by Gasteiger charge is -2.30. The van der Waals surface area contributed by atoms with E-state index in [-0.39, 0.29) is 51.6 Å². The summed E-state index contributed by atoms with van der Waals surface area (Å²) < 4.78 is 0. The van der Waals surface area contributed by atoms with Crippen LogP contribution >= 0.6 is 0 Å². The van der Waals surface area contributed by atoms with Crippen molar-refractivity contribution in [2.24, 2.45) is 46.4 Å². The molecule has 10 atom stereocenters. The Bertz CT molecular complexity index is 2680. The van der Waals surface area contributed by atoms with Gasteiger partial charge in [-0.25, -0.2) is 9.78 Å². The Balaban J connectivity index is 1.91. The molecule has 90 heavy (non-hydrogen) atoms. The average Bonchev–Trinajstić information content (AvgIpc) is 1.72. The molecule has 0 bridgehead atoms. The maximum atomic E-state index is 14.7. The average molecular weight is 1260 g/mol. The third kappa shape index (κ3) is 27.5. The molecule has 0 spiro atoms. The number of nitrogens with one attached hydrogen (secondary N) is 10. The number of nitrogens with two attached hydrogens (primary N) is 5. The molecule has 1 aromatic heterocycles. The van der Waals surface area contributed by atoms with E-state index in [4.69, 9.17) is 28.7 Å². The van der Waals surface area contributed by atoms with E-state index in [2.05, 4.69) is 57.8 Å². The van der Waals surface area contributed by atoms with E-state index in [0.29, 0.717) is 87.7 Å². The van der Waals surface area contributed by atoms with Gasteiger partial charge in [-0.2, -0.15) is 0 Å². The molecule has 27 heteroatoms. The molecule has 1 heterocycles. The molecule has 0 aliphatic rings. The van der Waals surface area contributed by atoms with Crippen LogP contribution in [0.2, 0.25) is 0 Å². The van der Waals surface area contributed by atoms with Crippen LogP contribution in [0.4, 0.5) is 0 Å². The summed E-state index contributed by atoms with van der Waals surface area (Å²) in [5, 5.41) is 34.8. The van der Waals surface area contributed by atoms with Crippen LogP contribution in [-0.4, -0.2) is 161 Å². The molecule has 21 N–H and O–H groups in total. The van der Waals surface area contributed by atoms with E-state index in [1.54, 1.807) is 102 Å². The molecule has 9 amide bonds. The van der Waals surface area contributed by atoms with Crippen LogP contribution in [0, 0.1) is 17.8 Å². The van der Waals surface area contributed by atoms with Crippen LogP contribution in [-0.2, 0) is 67.2 Å². The summed E-state index contributed by atoms with van der Waals surface area (Å²) in [5.41, 5.74) is 30.9. The number of carbonyl (C=O) groups excluding carboxylic acids is 9. The first kappa shape index (κ1) is 76.4. The van der Waals surface area contributed by atoms with Crippen molar-refractivity contribution in [2.75, 3.05) is 26.2 Å². The number of rotatable bonds is 44. The molecule has 27 nitrogen and oxygen atoms in total. The Morgan fingerprint density at radius 2 is 0.711 bits per heavy atom. The number of aromatic nitrogens is 2. The minimum atomic E-state index is -1.40. The maximum absolute atomic E-state index is 14.7. The molecule has 0 aliphatic heterocycles. The summed E-state index contributed by atoms with van der Waals surface area (Å²) in [5.74, 6) is -9.43. The predicted octanol–water partition coefficient (Wildman–Crippen LogP) is -0.303. The Kier molecular flexibility index (Phi) is 35.2. The van der Waals surface area contributed by atoms with Gasteiger partial charge in [0.15, 0.2) is 0 Å². The standard InChI is InChI=1S/C63H102N16O11/c1-38(2)51(60(86)73-45(26-14-18-30-65)55(81)74-48(33-41-21-9-7-10-22-41)59(85)76-50(63(89)90)35-43-36-69-37-70-43)77-57(83)47(28-16-20-32-67)72-58(84)49(34-42-23-11-8-12-24-42)75-61(87)52(39(3)4)79-62(88)53(40(5)6)78-56(82)46(27-15-19-31-66)71-54(80)44(68)25-13-17-29-64/h7-12,21-24,36-40,44-53H,13-20,25-35,64-68H2,1-6H3,(H,69,70)(H,71,80)(H,72,84)(H,73,86)(H,74,81)(H,75,87)(H,76,85)(H,77,83)(H,78,82)(H,79,88)(H,89,90)/t44-,45-,46-,47-,48-,49-,50-,51-,52-,53-/m0/s1. The van der Waals surface area contributed by atoms with E-state index >= 15 is 0 Å². The summed E-state index contributed by atoms with van der Waals surface area (Å²) in [6.07, 6.45) is 7.30. The van der Waals surface area contributed by atoms with Crippen molar-refractivity contribution in [3.05, 3.63) is 90.0 Å². The molecule has 3 aromatic rings. The SMILES string of the molecule is CC(C)[C@H](NC(=O)[C@H](CCCCN)NC(=O)[C@H](Cc1ccccc1)NC(=O)[C@@H](NC(=O)[C@@H](NC(=O)[C@H](CCCCN)NC(=O)[C@@H](N)CCCCN)C(C)C)C(C)C)C(=O)N[C@@H](CCCCN)C(=O)N[C@@H](Cc1ccccc1)C(=O)N[C@@H](Cc1cnc[nH]1)C(=O)O. The number of H-pyrrole nitrogens is 1. The summed E-state index contributed by atoms with van der Waals surface area (Å²) in [6, 6.07) is 5.29. The highest BCUT2D eigenvalue weighted by molar-refractivity contribution is 5.99. The number of hydrogen-bond donors (Lipinski definition) is 16. The van der Waals surface area contributed by atoms with E-state index in [9.17, 15) is 53.1 Å². The van der Waals surface area contributed by atoms with Gasteiger partial charge >= 0.3 is 5.97 Å². The minimum absolute atomic E-state index is 0.0420. The van der Waals surface area contributed by atoms with Crippen molar-refractivity contribution in [2.45, 2.75) is 198 Å². The van der Waals surface area contributed by atoms with Crippen LogP contribution in [0.1, 0.15) is 135 Å². The van der Waals surface area contributed by atoms with Crippen molar-refractivity contribution in [1.29, 1.82) is 0 Å². The second kappa shape index (κ2) is 41.4. The molecule has 2 aromatic carbocycles. The summed E-state index contributed by atoms with van der Waals surface area (Å²) in [7, 11) is 0. The lowest BCUT2D eigenvalue weighted by Crippen LogP contribution is -2.62. The number of unbranched alkanes of at least 4 members (excludes halogenated alkanes) is 4. The molecule has 0 fully saturated rings. The zero-order valence-corrected chi connectivity index (χ0v) is 53.2. The number of carboxylic acids is 1. The molecular formula is C63H102N16O11. The number of aliphatic carboxylic acids is 1. The number of amides is 9. The predicted molar refractivity (Wildman–Crippen MR) is 342 cm³/mol. The zero-order valence-electron chi connectivity index (χ0n) is 53.2. The van der Waals surface area contributed by atoms with Crippen molar-refractivity contribution >= 4 is 59.1 Å². The first-order chi connectivity index (χ1) is 42.9. The van der Waals surface area contributed by atoms with Gasteiger partial charge in [-0.3, -0.25) is 43.2 Å². The van der Waals surface area contributed by atoms with E-state index < -0.39 is 137 Å². The number of carbonyl (C=O) groups is 10. The summed E-state index contributed by atoms with van der Waals surface area (Å²) in [4.78, 5) is 147. The van der Waals surface area contributed by atoms with Crippen molar-refractivity contribution < 1.29 is 53.1 Å². The second-order valence-electron chi connectivity index (χ2n) is 23.8. The molecule has 0 saturated heterocycles.